The smallest absolute Gasteiger partial charge is 0.255 e. The van der Waals surface area contributed by atoms with E-state index in [2.05, 4.69) is 20.4 Å². The highest BCUT2D eigenvalue weighted by Gasteiger charge is 2.30. The third-order valence-electron chi connectivity index (χ3n) is 2.90. The third kappa shape index (κ3) is 2.35. The first-order valence-corrected chi connectivity index (χ1v) is 5.91. The van der Waals surface area contributed by atoms with E-state index in [1.807, 2.05) is 0 Å². The second-order valence-corrected chi connectivity index (χ2v) is 4.59. The summed E-state index contributed by atoms with van der Waals surface area (Å²) in [6, 6.07) is 0. The SMILES string of the molecule is Cc1c(Cl)nc2ncnn2c1NC(CO)(CO)CO. The Morgan fingerprint density at radius 3 is 2.53 bits per heavy atom. The molecule has 2 rings (SSSR count). The minimum absolute atomic E-state index is 0.228. The van der Waals surface area contributed by atoms with Crippen molar-refractivity contribution in [1.29, 1.82) is 0 Å². The zero-order valence-electron chi connectivity index (χ0n) is 10.2. The summed E-state index contributed by atoms with van der Waals surface area (Å²) in [5.74, 6) is 0.686. The number of aromatic nitrogens is 4. The summed E-state index contributed by atoms with van der Waals surface area (Å²) in [7, 11) is 0. The molecule has 2 heterocycles. The third-order valence-corrected chi connectivity index (χ3v) is 3.26. The maximum Gasteiger partial charge on any atom is 0.255 e. The lowest BCUT2D eigenvalue weighted by molar-refractivity contribution is 0.0829. The number of anilines is 1. The first-order chi connectivity index (χ1) is 9.06. The maximum absolute atomic E-state index is 9.34. The molecule has 0 atom stereocenters. The van der Waals surface area contributed by atoms with Crippen LogP contribution >= 0.6 is 11.6 Å². The largest absolute Gasteiger partial charge is 0.394 e. The van der Waals surface area contributed by atoms with Crippen molar-refractivity contribution in [3.63, 3.8) is 0 Å². The van der Waals surface area contributed by atoms with Crippen molar-refractivity contribution < 1.29 is 15.3 Å². The zero-order chi connectivity index (χ0) is 14.0. The van der Waals surface area contributed by atoms with Gasteiger partial charge in [-0.1, -0.05) is 11.6 Å². The molecule has 0 amide bonds. The number of hydrogen-bond donors (Lipinski definition) is 4. The van der Waals surface area contributed by atoms with E-state index in [4.69, 9.17) is 11.6 Å². The number of halogens is 1. The Bertz CT molecular complexity index is 576. The summed E-state index contributed by atoms with van der Waals surface area (Å²) in [6.07, 6.45) is 1.31. The molecule has 8 nitrogen and oxygen atoms in total. The van der Waals surface area contributed by atoms with Crippen molar-refractivity contribution in [3.05, 3.63) is 17.0 Å². The second-order valence-electron chi connectivity index (χ2n) is 4.23. The second kappa shape index (κ2) is 5.25. The summed E-state index contributed by atoms with van der Waals surface area (Å²) >= 11 is 5.99. The van der Waals surface area contributed by atoms with Gasteiger partial charge in [0, 0.05) is 5.56 Å². The molecule has 4 N–H and O–H groups in total. The molecule has 0 fully saturated rings. The molecule has 0 aliphatic heterocycles. The van der Waals surface area contributed by atoms with Crippen LogP contribution in [0.15, 0.2) is 6.33 Å². The van der Waals surface area contributed by atoms with Crippen LogP contribution in [-0.4, -0.2) is 60.3 Å². The van der Waals surface area contributed by atoms with E-state index in [1.54, 1.807) is 6.92 Å². The summed E-state index contributed by atoms with van der Waals surface area (Å²) in [4.78, 5) is 7.95. The molecule has 0 radical (unpaired) electrons. The Hall–Kier alpha value is -1.48. The van der Waals surface area contributed by atoms with Gasteiger partial charge in [0.05, 0.1) is 19.8 Å². The van der Waals surface area contributed by atoms with Gasteiger partial charge in [0.25, 0.3) is 5.78 Å². The van der Waals surface area contributed by atoms with Crippen LogP contribution in [0.25, 0.3) is 5.78 Å². The number of rotatable bonds is 5. The van der Waals surface area contributed by atoms with Gasteiger partial charge in [-0.3, -0.25) is 0 Å². The zero-order valence-corrected chi connectivity index (χ0v) is 11.0. The average molecular weight is 288 g/mol. The summed E-state index contributed by atoms with van der Waals surface area (Å²) in [6.45, 7) is 0.316. The van der Waals surface area contributed by atoms with Gasteiger partial charge in [0.2, 0.25) is 0 Å². The molecule has 2 aromatic heterocycles. The number of aliphatic hydroxyl groups is 3. The van der Waals surface area contributed by atoms with E-state index in [0.717, 1.165) is 0 Å². The fraction of sp³-hybridized carbons (Fsp3) is 0.500. The van der Waals surface area contributed by atoms with Gasteiger partial charge in [0.15, 0.2) is 0 Å². The summed E-state index contributed by atoms with van der Waals surface area (Å²) < 4.78 is 1.39. The normalized spacial score (nSPS) is 12.1. The topological polar surface area (TPSA) is 116 Å². The van der Waals surface area contributed by atoms with Gasteiger partial charge in [-0.05, 0) is 6.92 Å². The lowest BCUT2D eigenvalue weighted by Crippen LogP contribution is -2.49. The molecule has 19 heavy (non-hydrogen) atoms. The van der Waals surface area contributed by atoms with Gasteiger partial charge >= 0.3 is 0 Å². The predicted octanol–water partition coefficient (Wildman–Crippen LogP) is -0.786. The first-order valence-electron chi connectivity index (χ1n) is 5.53. The van der Waals surface area contributed by atoms with Crippen molar-refractivity contribution in [1.82, 2.24) is 19.6 Å². The standard InChI is InChI=1S/C10H14ClN5O3/c1-6-7(11)14-9-12-5-13-16(9)8(6)15-10(2-17,3-18)4-19/h5,15,17-19H,2-4H2,1H3. The van der Waals surface area contributed by atoms with Crippen LogP contribution in [0, 0.1) is 6.92 Å². The Morgan fingerprint density at radius 1 is 1.32 bits per heavy atom. The average Bonchev–Trinajstić information content (AvgIpc) is 2.88. The van der Waals surface area contributed by atoms with E-state index in [0.29, 0.717) is 11.4 Å². The highest BCUT2D eigenvalue weighted by atomic mass is 35.5. The quantitative estimate of drug-likeness (QED) is 0.533. The summed E-state index contributed by atoms with van der Waals surface area (Å²) in [5, 5.41) is 35.1. The van der Waals surface area contributed by atoms with E-state index >= 15 is 0 Å². The van der Waals surface area contributed by atoms with E-state index < -0.39 is 25.4 Å². The van der Waals surface area contributed by atoms with E-state index in [9.17, 15) is 15.3 Å². The van der Waals surface area contributed by atoms with Crippen molar-refractivity contribution in [2.24, 2.45) is 0 Å². The predicted molar refractivity (Wildman–Crippen MR) is 68.1 cm³/mol. The monoisotopic (exact) mass is 287 g/mol. The molecule has 0 aliphatic carbocycles. The fourth-order valence-corrected chi connectivity index (χ4v) is 1.73. The fourth-order valence-electron chi connectivity index (χ4n) is 1.56. The maximum atomic E-state index is 9.34. The summed E-state index contributed by atoms with van der Waals surface area (Å²) in [5.41, 5.74) is -0.715. The van der Waals surface area contributed by atoms with Crippen LogP contribution in [0.1, 0.15) is 5.56 Å². The number of nitrogens with one attached hydrogen (secondary N) is 1. The van der Waals surface area contributed by atoms with Crippen molar-refractivity contribution >= 4 is 23.2 Å². The Kier molecular flexibility index (Phi) is 3.85. The minimum atomic E-state index is -1.28. The highest BCUT2D eigenvalue weighted by Crippen LogP contribution is 2.24. The van der Waals surface area contributed by atoms with E-state index in [1.165, 1.54) is 10.8 Å². The molecule has 0 unspecified atom stereocenters. The van der Waals surface area contributed by atoms with Crippen LogP contribution in [0.2, 0.25) is 5.15 Å². The molecule has 0 spiro atoms. The van der Waals surface area contributed by atoms with Crippen molar-refractivity contribution in [2.75, 3.05) is 25.1 Å². The molecule has 0 saturated heterocycles. The molecule has 0 aliphatic rings. The number of hydrogen-bond acceptors (Lipinski definition) is 7. The Balaban J connectivity index is 2.55. The lowest BCUT2D eigenvalue weighted by atomic mass is 10.0. The van der Waals surface area contributed by atoms with Crippen LogP contribution in [0.3, 0.4) is 0 Å². The molecule has 2 aromatic rings. The minimum Gasteiger partial charge on any atom is -0.394 e. The van der Waals surface area contributed by atoms with Crippen LogP contribution in [0.4, 0.5) is 5.82 Å². The lowest BCUT2D eigenvalue weighted by Gasteiger charge is -2.30. The van der Waals surface area contributed by atoms with Crippen LogP contribution in [0.5, 0.6) is 0 Å². The van der Waals surface area contributed by atoms with Gasteiger partial charge in [-0.25, -0.2) is 0 Å². The molecule has 0 saturated carbocycles. The van der Waals surface area contributed by atoms with E-state index in [-0.39, 0.29) is 10.9 Å². The Labute approximate surface area is 113 Å². The van der Waals surface area contributed by atoms with Gasteiger partial charge in [-0.15, -0.1) is 0 Å². The molecule has 0 aromatic carbocycles. The Morgan fingerprint density at radius 2 is 1.95 bits per heavy atom. The first kappa shape index (κ1) is 13.9. The molecule has 9 heteroatoms. The van der Waals surface area contributed by atoms with Crippen LogP contribution < -0.4 is 5.32 Å². The van der Waals surface area contributed by atoms with Crippen molar-refractivity contribution in [3.8, 4) is 0 Å². The number of fused-ring (bicyclic) bond motifs is 1. The number of aliphatic hydroxyl groups excluding tert-OH is 3. The van der Waals surface area contributed by atoms with Gasteiger partial charge in [-0.2, -0.15) is 19.6 Å². The van der Waals surface area contributed by atoms with Gasteiger partial charge < -0.3 is 20.6 Å². The molecular formula is C10H14ClN5O3. The molecule has 104 valence electrons. The molecule has 0 bridgehead atoms. The van der Waals surface area contributed by atoms with Crippen LogP contribution in [-0.2, 0) is 0 Å². The molecular weight excluding hydrogens is 274 g/mol. The number of nitrogens with zero attached hydrogens (tertiary/aromatic N) is 4. The van der Waals surface area contributed by atoms with Gasteiger partial charge in [0.1, 0.15) is 22.8 Å². The highest BCUT2D eigenvalue weighted by molar-refractivity contribution is 6.30. The van der Waals surface area contributed by atoms with Crippen molar-refractivity contribution in [2.45, 2.75) is 12.5 Å².